The Morgan fingerprint density at radius 1 is 0.941 bits per heavy atom. The van der Waals surface area contributed by atoms with E-state index in [9.17, 15) is 14.7 Å². The van der Waals surface area contributed by atoms with E-state index in [1.54, 1.807) is 12.1 Å². The van der Waals surface area contributed by atoms with Crippen LogP contribution in [-0.2, 0) is 13.1 Å². The predicted octanol–water partition coefficient (Wildman–Crippen LogP) is 4.01. The first-order chi connectivity index (χ1) is 16.5. The van der Waals surface area contributed by atoms with Crippen LogP contribution in [0.1, 0.15) is 40.1 Å². The molecule has 0 aliphatic heterocycles. The van der Waals surface area contributed by atoms with E-state index in [4.69, 9.17) is 0 Å². The smallest absolute Gasteiger partial charge is 0.261 e. The molecule has 0 aliphatic carbocycles. The van der Waals surface area contributed by atoms with Gasteiger partial charge in [-0.15, -0.1) is 0 Å². The van der Waals surface area contributed by atoms with Crippen LogP contribution in [0.4, 0.5) is 0 Å². The zero-order valence-electron chi connectivity index (χ0n) is 19.2. The summed E-state index contributed by atoms with van der Waals surface area (Å²) in [6.07, 6.45) is 0. The van der Waals surface area contributed by atoms with Gasteiger partial charge >= 0.3 is 0 Å². The third-order valence-corrected chi connectivity index (χ3v) is 5.91. The van der Waals surface area contributed by atoms with Crippen molar-refractivity contribution in [2.24, 2.45) is 0 Å². The predicted molar refractivity (Wildman–Crippen MR) is 135 cm³/mol. The molecule has 6 heteroatoms. The quantitative estimate of drug-likeness (QED) is 0.356. The number of nitrogens with zero attached hydrogens (tertiary/aromatic N) is 1. The number of carbonyl (C=O) groups is 1. The van der Waals surface area contributed by atoms with E-state index in [2.05, 4.69) is 10.3 Å². The molecule has 1 amide bonds. The minimum Gasteiger partial charge on any atom is -0.395 e. The molecule has 0 fully saturated rings. The van der Waals surface area contributed by atoms with Gasteiger partial charge in [0, 0.05) is 25.3 Å². The Morgan fingerprint density at radius 3 is 2.44 bits per heavy atom. The molecule has 0 saturated heterocycles. The van der Waals surface area contributed by atoms with Crippen molar-refractivity contribution < 1.29 is 9.90 Å². The van der Waals surface area contributed by atoms with Crippen molar-refractivity contribution in [3.63, 3.8) is 0 Å². The summed E-state index contributed by atoms with van der Waals surface area (Å²) in [6, 6.07) is 27.0. The first-order valence-electron chi connectivity index (χ1n) is 11.4. The number of rotatable bonds is 9. The molecule has 3 aromatic carbocycles. The summed E-state index contributed by atoms with van der Waals surface area (Å²) in [6.45, 7) is 3.51. The lowest BCUT2D eigenvalue weighted by atomic mass is 9.99. The lowest BCUT2D eigenvalue weighted by Crippen LogP contribution is -2.33. The second-order valence-corrected chi connectivity index (χ2v) is 8.41. The first kappa shape index (κ1) is 23.4. The summed E-state index contributed by atoms with van der Waals surface area (Å²) in [5.74, 6) is -0.412. The summed E-state index contributed by atoms with van der Waals surface area (Å²) in [7, 11) is 0. The largest absolute Gasteiger partial charge is 0.395 e. The molecular formula is C28H29N3O3. The summed E-state index contributed by atoms with van der Waals surface area (Å²) in [4.78, 5) is 30.5. The molecule has 4 rings (SSSR count). The fourth-order valence-corrected chi connectivity index (χ4v) is 4.20. The van der Waals surface area contributed by atoms with Gasteiger partial charge in [0.15, 0.2) is 0 Å². The SMILES string of the molecule is C[C@@H](NC(=O)c1ccc(CN(CCO)Cc2ccccc2)[nH]c1=O)c1cccc2ccccc12. The van der Waals surface area contributed by atoms with Crippen molar-refractivity contribution in [3.05, 3.63) is 118 Å². The van der Waals surface area contributed by atoms with Gasteiger partial charge in [0.05, 0.1) is 12.6 Å². The molecule has 1 atom stereocenters. The van der Waals surface area contributed by atoms with Crippen molar-refractivity contribution in [1.29, 1.82) is 0 Å². The Balaban J connectivity index is 1.46. The van der Waals surface area contributed by atoms with Crippen molar-refractivity contribution in [3.8, 4) is 0 Å². The fourth-order valence-electron chi connectivity index (χ4n) is 4.20. The Morgan fingerprint density at radius 2 is 1.68 bits per heavy atom. The summed E-state index contributed by atoms with van der Waals surface area (Å²) < 4.78 is 0. The van der Waals surface area contributed by atoms with Crippen molar-refractivity contribution in [1.82, 2.24) is 15.2 Å². The number of aliphatic hydroxyl groups is 1. The second-order valence-electron chi connectivity index (χ2n) is 8.41. The van der Waals surface area contributed by atoms with Gasteiger partial charge in [-0.1, -0.05) is 72.8 Å². The van der Waals surface area contributed by atoms with Gasteiger partial charge in [0.1, 0.15) is 5.56 Å². The number of hydrogen-bond acceptors (Lipinski definition) is 4. The molecule has 0 bridgehead atoms. The number of amides is 1. The monoisotopic (exact) mass is 455 g/mol. The van der Waals surface area contributed by atoms with Crippen molar-refractivity contribution >= 4 is 16.7 Å². The van der Waals surface area contributed by atoms with E-state index < -0.39 is 11.5 Å². The zero-order valence-corrected chi connectivity index (χ0v) is 19.2. The molecule has 1 aromatic heterocycles. The van der Waals surface area contributed by atoms with Crippen LogP contribution in [0.3, 0.4) is 0 Å². The van der Waals surface area contributed by atoms with Crippen LogP contribution in [0.5, 0.6) is 0 Å². The van der Waals surface area contributed by atoms with Crippen LogP contribution in [-0.4, -0.2) is 34.0 Å². The van der Waals surface area contributed by atoms with Gasteiger partial charge < -0.3 is 15.4 Å². The number of fused-ring (bicyclic) bond motifs is 1. The first-order valence-corrected chi connectivity index (χ1v) is 11.4. The Bertz CT molecular complexity index is 1310. The van der Waals surface area contributed by atoms with Crippen LogP contribution in [0.15, 0.2) is 89.7 Å². The Labute approximate surface area is 198 Å². The van der Waals surface area contributed by atoms with Crippen molar-refractivity contribution in [2.75, 3.05) is 13.2 Å². The van der Waals surface area contributed by atoms with Gasteiger partial charge in [0.25, 0.3) is 11.5 Å². The van der Waals surface area contributed by atoms with E-state index in [1.807, 2.05) is 84.6 Å². The average molecular weight is 456 g/mol. The lowest BCUT2D eigenvalue weighted by molar-refractivity contribution is 0.0938. The highest BCUT2D eigenvalue weighted by Crippen LogP contribution is 2.24. The molecule has 6 nitrogen and oxygen atoms in total. The van der Waals surface area contributed by atoms with Gasteiger partial charge in [-0.3, -0.25) is 14.5 Å². The third-order valence-electron chi connectivity index (χ3n) is 5.91. The Kier molecular flexibility index (Phi) is 7.52. The maximum atomic E-state index is 12.9. The molecule has 0 spiro atoms. The molecule has 0 saturated carbocycles. The second kappa shape index (κ2) is 10.9. The van der Waals surface area contributed by atoms with Gasteiger partial charge in [-0.2, -0.15) is 0 Å². The van der Waals surface area contributed by atoms with E-state index in [0.717, 1.165) is 21.9 Å². The number of aromatic nitrogens is 1. The number of carbonyl (C=O) groups excluding carboxylic acids is 1. The van der Waals surface area contributed by atoms with Gasteiger partial charge in [-0.25, -0.2) is 0 Å². The minimum atomic E-state index is -0.427. The molecule has 4 aromatic rings. The molecule has 1 heterocycles. The van der Waals surface area contributed by atoms with Crippen LogP contribution >= 0.6 is 0 Å². The van der Waals surface area contributed by atoms with E-state index in [0.29, 0.717) is 25.3 Å². The van der Waals surface area contributed by atoms with Gasteiger partial charge in [-0.05, 0) is 41.0 Å². The zero-order chi connectivity index (χ0) is 23.9. The molecule has 0 radical (unpaired) electrons. The standard InChI is InChI=1S/C28H29N3O3/c1-20(24-13-7-11-22-10-5-6-12-25(22)24)29-27(33)26-15-14-23(30-28(26)34)19-31(16-17-32)18-21-8-3-2-4-9-21/h2-15,20,32H,16-19H2,1H3,(H,29,33)(H,30,34)/t20-/m1/s1. The molecular weight excluding hydrogens is 426 g/mol. The van der Waals surface area contributed by atoms with Crippen LogP contribution in [0.25, 0.3) is 10.8 Å². The number of benzene rings is 3. The van der Waals surface area contributed by atoms with Crippen LogP contribution in [0.2, 0.25) is 0 Å². The summed E-state index contributed by atoms with van der Waals surface area (Å²) in [5.41, 5.74) is 2.46. The van der Waals surface area contributed by atoms with Gasteiger partial charge in [0.2, 0.25) is 0 Å². The topological polar surface area (TPSA) is 85.4 Å². The average Bonchev–Trinajstić information content (AvgIpc) is 2.84. The molecule has 0 unspecified atom stereocenters. The number of nitrogens with one attached hydrogen (secondary N) is 2. The lowest BCUT2D eigenvalue weighted by Gasteiger charge is -2.21. The maximum Gasteiger partial charge on any atom is 0.261 e. The number of aliphatic hydroxyl groups excluding tert-OH is 1. The normalized spacial score (nSPS) is 12.1. The van der Waals surface area contributed by atoms with E-state index in [-0.39, 0.29) is 18.2 Å². The molecule has 34 heavy (non-hydrogen) atoms. The Hall–Kier alpha value is -3.74. The highest BCUT2D eigenvalue weighted by Gasteiger charge is 2.17. The minimum absolute atomic E-state index is 0.0175. The highest BCUT2D eigenvalue weighted by molar-refractivity contribution is 5.94. The highest BCUT2D eigenvalue weighted by atomic mass is 16.3. The number of aromatic amines is 1. The molecule has 3 N–H and O–H groups in total. The number of hydrogen-bond donors (Lipinski definition) is 3. The number of H-pyrrole nitrogens is 1. The molecule has 0 aliphatic rings. The number of pyridine rings is 1. The summed E-state index contributed by atoms with van der Waals surface area (Å²) in [5, 5.41) is 14.6. The van der Waals surface area contributed by atoms with Crippen LogP contribution in [0, 0.1) is 0 Å². The van der Waals surface area contributed by atoms with Crippen LogP contribution < -0.4 is 10.9 Å². The summed E-state index contributed by atoms with van der Waals surface area (Å²) >= 11 is 0. The maximum absolute atomic E-state index is 12.9. The third kappa shape index (κ3) is 5.60. The molecule has 174 valence electrons. The van der Waals surface area contributed by atoms with Crippen molar-refractivity contribution in [2.45, 2.75) is 26.1 Å². The van der Waals surface area contributed by atoms with E-state index in [1.165, 1.54) is 0 Å². The van der Waals surface area contributed by atoms with E-state index >= 15 is 0 Å². The fraction of sp³-hybridized carbons (Fsp3) is 0.214.